The van der Waals surface area contributed by atoms with Gasteiger partial charge in [-0.05, 0) is 47.5 Å². The third kappa shape index (κ3) is 4.07. The summed E-state index contributed by atoms with van der Waals surface area (Å²) in [5.74, 6) is 0.991. The van der Waals surface area contributed by atoms with Crippen LogP contribution in [0, 0.1) is 0 Å². The predicted octanol–water partition coefficient (Wildman–Crippen LogP) is 10.6. The van der Waals surface area contributed by atoms with Crippen molar-refractivity contribution in [3.05, 3.63) is 168 Å². The first-order chi connectivity index (χ1) is 22.3. The molecule has 6 aromatic carbocycles. The lowest BCUT2D eigenvalue weighted by Gasteiger charge is -2.33. The van der Waals surface area contributed by atoms with Gasteiger partial charge in [-0.15, -0.1) is 11.3 Å². The third-order valence-electron chi connectivity index (χ3n) is 9.06. The quantitative estimate of drug-likeness (QED) is 0.198. The van der Waals surface area contributed by atoms with Crippen LogP contribution < -0.4 is 0 Å². The summed E-state index contributed by atoms with van der Waals surface area (Å²) in [6.45, 7) is 0. The number of hydrogen-bond donors (Lipinski definition) is 0. The Morgan fingerprint density at radius 1 is 0.578 bits per heavy atom. The van der Waals surface area contributed by atoms with Gasteiger partial charge in [-0.25, -0.2) is 4.99 Å². The van der Waals surface area contributed by atoms with Gasteiger partial charge in [0, 0.05) is 49.2 Å². The summed E-state index contributed by atoms with van der Waals surface area (Å²) in [6.07, 6.45) is 2.29. The van der Waals surface area contributed by atoms with Crippen LogP contribution in [0.25, 0.3) is 53.4 Å². The Kier molecular flexibility index (Phi) is 5.97. The van der Waals surface area contributed by atoms with E-state index < -0.39 is 0 Å². The van der Waals surface area contributed by atoms with Crippen LogP contribution in [0.15, 0.2) is 157 Å². The Morgan fingerprint density at radius 2 is 1.24 bits per heavy atom. The number of rotatable bonds is 4. The molecule has 1 aliphatic rings. The average Bonchev–Trinajstić information content (AvgIpc) is 3.65. The molecule has 214 valence electrons. The van der Waals surface area contributed by atoms with Gasteiger partial charge in [-0.3, -0.25) is 0 Å². The van der Waals surface area contributed by atoms with Crippen LogP contribution in [-0.2, 0) is 0 Å². The van der Waals surface area contributed by atoms with Crippen molar-refractivity contribution in [2.75, 3.05) is 7.05 Å². The summed E-state index contributed by atoms with van der Waals surface area (Å²) < 4.78 is 4.98. The summed E-state index contributed by atoms with van der Waals surface area (Å²) in [6, 6.07) is 52.1. The molecule has 3 nitrogen and oxygen atoms in total. The van der Waals surface area contributed by atoms with Crippen LogP contribution in [0.2, 0.25) is 0 Å². The van der Waals surface area contributed by atoms with E-state index in [1.165, 1.54) is 58.8 Å². The predicted molar refractivity (Wildman–Crippen MR) is 192 cm³/mol. The number of likely N-dealkylation sites (N-methyl/N-ethyl adjacent to an activating group) is 1. The minimum absolute atomic E-state index is 0.0640. The minimum atomic E-state index is 0.0640. The number of benzene rings is 6. The lowest BCUT2D eigenvalue weighted by Crippen LogP contribution is -2.33. The van der Waals surface area contributed by atoms with Crippen molar-refractivity contribution in [2.24, 2.45) is 4.99 Å². The Labute approximate surface area is 265 Å². The molecule has 0 N–H and O–H groups in total. The zero-order valence-corrected chi connectivity index (χ0v) is 25.6. The van der Waals surface area contributed by atoms with Crippen LogP contribution >= 0.6 is 11.3 Å². The van der Waals surface area contributed by atoms with Crippen LogP contribution in [0.1, 0.15) is 22.7 Å². The molecule has 3 heterocycles. The van der Waals surface area contributed by atoms with Gasteiger partial charge >= 0.3 is 0 Å². The average molecular weight is 596 g/mol. The highest BCUT2D eigenvalue weighted by molar-refractivity contribution is 7.27. The van der Waals surface area contributed by atoms with Gasteiger partial charge < -0.3 is 9.47 Å². The first-order valence-electron chi connectivity index (χ1n) is 15.3. The zero-order chi connectivity index (χ0) is 29.9. The van der Waals surface area contributed by atoms with Gasteiger partial charge in [0.15, 0.2) is 0 Å². The van der Waals surface area contributed by atoms with Crippen LogP contribution in [0.4, 0.5) is 0 Å². The standard InChI is InChI=1S/C41H29N3S/c1-43-37(28-16-7-3-8-17-28)26-34(27-14-5-2-6-15-27)42-41(43)33-22-13-21-30-31-24-25-36-38(40(31)45-39(30)33)32-20-11-12-23-35(32)44(36)29-18-9-4-10-19-29/h2-26,37H,1H3. The van der Waals surface area contributed by atoms with E-state index in [2.05, 4.69) is 168 Å². The van der Waals surface area contributed by atoms with Gasteiger partial charge in [0.2, 0.25) is 0 Å². The van der Waals surface area contributed by atoms with Gasteiger partial charge in [-0.1, -0.05) is 115 Å². The smallest absolute Gasteiger partial charge is 0.138 e. The lowest BCUT2D eigenvalue weighted by molar-refractivity contribution is 0.435. The van der Waals surface area contributed by atoms with E-state index >= 15 is 0 Å². The fourth-order valence-electron chi connectivity index (χ4n) is 6.95. The fraction of sp³-hybridized carbons (Fsp3) is 0.0488. The van der Waals surface area contributed by atoms with Crippen molar-refractivity contribution in [2.45, 2.75) is 6.04 Å². The van der Waals surface area contributed by atoms with Crippen molar-refractivity contribution in [3.63, 3.8) is 0 Å². The molecule has 45 heavy (non-hydrogen) atoms. The molecule has 0 amide bonds. The maximum Gasteiger partial charge on any atom is 0.138 e. The second kappa shape index (κ2) is 10.3. The van der Waals surface area contributed by atoms with E-state index in [0.717, 1.165) is 17.1 Å². The summed E-state index contributed by atoms with van der Waals surface area (Å²) in [5, 5.41) is 5.15. The van der Waals surface area contributed by atoms with E-state index in [1.807, 2.05) is 11.3 Å². The first kappa shape index (κ1) is 26.0. The highest BCUT2D eigenvalue weighted by Crippen LogP contribution is 2.45. The SMILES string of the molecule is CN1C(c2cccc3c2sc2c3ccc3c2c2ccccc2n3-c2ccccc2)=NC(c2ccccc2)=CC1c1ccccc1. The second-order valence-corrected chi connectivity index (χ2v) is 12.6. The van der Waals surface area contributed by atoms with E-state index in [4.69, 9.17) is 4.99 Å². The number of amidine groups is 1. The molecule has 0 fully saturated rings. The maximum atomic E-state index is 5.36. The molecule has 0 bridgehead atoms. The zero-order valence-electron chi connectivity index (χ0n) is 24.8. The third-order valence-corrected chi connectivity index (χ3v) is 10.3. The molecule has 1 aliphatic heterocycles. The van der Waals surface area contributed by atoms with Crippen LogP contribution in [0.5, 0.6) is 0 Å². The maximum absolute atomic E-state index is 5.36. The molecule has 1 unspecified atom stereocenters. The molecule has 0 spiro atoms. The van der Waals surface area contributed by atoms with Crippen molar-refractivity contribution in [1.82, 2.24) is 9.47 Å². The number of thiophene rings is 1. The highest BCUT2D eigenvalue weighted by Gasteiger charge is 2.27. The Morgan fingerprint density at radius 3 is 2.04 bits per heavy atom. The molecule has 0 saturated carbocycles. The highest BCUT2D eigenvalue weighted by atomic mass is 32.1. The van der Waals surface area contributed by atoms with Crippen LogP contribution in [0.3, 0.4) is 0 Å². The molecule has 0 radical (unpaired) electrons. The molecule has 1 atom stereocenters. The molecule has 8 aromatic rings. The summed E-state index contributed by atoms with van der Waals surface area (Å²) >= 11 is 1.89. The van der Waals surface area contributed by atoms with E-state index in [1.54, 1.807) is 0 Å². The van der Waals surface area contributed by atoms with E-state index in [9.17, 15) is 0 Å². The normalized spacial score (nSPS) is 15.2. The number of aromatic nitrogens is 1. The Balaban J connectivity index is 1.30. The first-order valence-corrected chi connectivity index (χ1v) is 16.1. The summed E-state index contributed by atoms with van der Waals surface area (Å²) in [5.41, 5.74) is 8.18. The van der Waals surface area contributed by atoms with Gasteiger partial charge in [0.25, 0.3) is 0 Å². The second-order valence-electron chi connectivity index (χ2n) is 11.6. The van der Waals surface area contributed by atoms with E-state index in [-0.39, 0.29) is 6.04 Å². The molecular weight excluding hydrogens is 567 g/mol. The van der Waals surface area contributed by atoms with Gasteiger partial charge in [0.1, 0.15) is 5.84 Å². The molecule has 0 aliphatic carbocycles. The largest absolute Gasteiger partial charge is 0.348 e. The molecule has 9 rings (SSSR count). The molecule has 0 saturated heterocycles. The molecule has 4 heteroatoms. The number of fused-ring (bicyclic) bond motifs is 7. The number of hydrogen-bond acceptors (Lipinski definition) is 3. The topological polar surface area (TPSA) is 20.5 Å². The van der Waals surface area contributed by atoms with Crippen molar-refractivity contribution in [1.29, 1.82) is 0 Å². The Hall–Kier alpha value is -5.45. The number of aliphatic imine (C=N–C) groups is 1. The number of para-hydroxylation sites is 2. The molecular formula is C41H29N3S. The van der Waals surface area contributed by atoms with Crippen molar-refractivity contribution in [3.8, 4) is 5.69 Å². The minimum Gasteiger partial charge on any atom is -0.348 e. The summed E-state index contributed by atoms with van der Waals surface area (Å²) in [4.78, 5) is 7.69. The monoisotopic (exact) mass is 595 g/mol. The Bertz CT molecular complexity index is 2430. The van der Waals surface area contributed by atoms with E-state index in [0.29, 0.717) is 0 Å². The van der Waals surface area contributed by atoms with Crippen molar-refractivity contribution >= 4 is 64.8 Å². The van der Waals surface area contributed by atoms with Crippen LogP contribution in [-0.4, -0.2) is 22.4 Å². The summed E-state index contributed by atoms with van der Waals surface area (Å²) in [7, 11) is 2.17. The van der Waals surface area contributed by atoms with Gasteiger partial charge in [-0.2, -0.15) is 0 Å². The fourth-order valence-corrected chi connectivity index (χ4v) is 8.32. The van der Waals surface area contributed by atoms with Gasteiger partial charge in [0.05, 0.1) is 22.8 Å². The van der Waals surface area contributed by atoms with Crippen molar-refractivity contribution < 1.29 is 0 Å². The lowest BCUT2D eigenvalue weighted by atomic mass is 9.98. The molecule has 2 aromatic heterocycles. The number of nitrogens with zero attached hydrogens (tertiary/aromatic N) is 3.